The number of carbonyl (C=O) groups excluding carboxylic acids is 1. The molecule has 1 N–H and O–H groups in total. The van der Waals surface area contributed by atoms with Crippen LogP contribution in [-0.2, 0) is 9.84 Å². The van der Waals surface area contributed by atoms with Crippen molar-refractivity contribution >= 4 is 32.2 Å². The van der Waals surface area contributed by atoms with Crippen LogP contribution in [0.15, 0.2) is 29.2 Å². The summed E-state index contributed by atoms with van der Waals surface area (Å²) >= 11 is 1.38. The Morgan fingerprint density at radius 1 is 1.19 bits per heavy atom. The SMILES string of the molecule is CCCS(=O)(=O)c1ccccc1C(=O)Nc1nnc(C2CCCCC2)s1. The maximum atomic E-state index is 12.6. The first-order valence-electron chi connectivity index (χ1n) is 8.98. The second kappa shape index (κ2) is 8.26. The normalized spacial score (nSPS) is 15.7. The highest BCUT2D eigenvalue weighted by molar-refractivity contribution is 7.91. The van der Waals surface area contributed by atoms with Gasteiger partial charge in [0.05, 0.1) is 16.2 Å². The fraction of sp³-hybridized carbons (Fsp3) is 0.500. The van der Waals surface area contributed by atoms with Crippen LogP contribution in [0.3, 0.4) is 0 Å². The Morgan fingerprint density at radius 2 is 1.92 bits per heavy atom. The minimum Gasteiger partial charge on any atom is -0.296 e. The first kappa shape index (κ1) is 19.0. The number of hydrogen-bond donors (Lipinski definition) is 1. The number of aromatic nitrogens is 2. The number of amides is 1. The third-order valence-electron chi connectivity index (χ3n) is 4.56. The van der Waals surface area contributed by atoms with Crippen molar-refractivity contribution in [3.05, 3.63) is 34.8 Å². The molecule has 0 bridgehead atoms. The minimum atomic E-state index is -3.48. The molecule has 1 aromatic heterocycles. The molecule has 0 saturated heterocycles. The average Bonchev–Trinajstić information content (AvgIpc) is 3.11. The third kappa shape index (κ3) is 4.29. The molecule has 1 amide bonds. The molecule has 3 rings (SSSR count). The average molecular weight is 394 g/mol. The largest absolute Gasteiger partial charge is 0.296 e. The summed E-state index contributed by atoms with van der Waals surface area (Å²) in [4.78, 5) is 12.7. The molecule has 6 nitrogen and oxygen atoms in total. The molecule has 2 aromatic rings. The van der Waals surface area contributed by atoms with Gasteiger partial charge in [-0.2, -0.15) is 0 Å². The summed E-state index contributed by atoms with van der Waals surface area (Å²) < 4.78 is 24.8. The molecule has 1 heterocycles. The molecule has 0 aliphatic heterocycles. The molecule has 0 atom stereocenters. The number of anilines is 1. The topological polar surface area (TPSA) is 89.0 Å². The van der Waals surface area contributed by atoms with Crippen LogP contribution in [0, 0.1) is 0 Å². The van der Waals surface area contributed by atoms with Crippen LogP contribution in [0.1, 0.15) is 66.7 Å². The third-order valence-corrected chi connectivity index (χ3v) is 7.53. The number of sulfone groups is 1. The van der Waals surface area contributed by atoms with Crippen LogP contribution in [0.2, 0.25) is 0 Å². The molecule has 1 saturated carbocycles. The summed E-state index contributed by atoms with van der Waals surface area (Å²) in [7, 11) is -3.48. The van der Waals surface area contributed by atoms with Gasteiger partial charge in [-0.3, -0.25) is 10.1 Å². The van der Waals surface area contributed by atoms with E-state index in [0.29, 0.717) is 17.5 Å². The van der Waals surface area contributed by atoms with Crippen molar-refractivity contribution < 1.29 is 13.2 Å². The highest BCUT2D eigenvalue weighted by Gasteiger charge is 2.23. The molecule has 1 fully saturated rings. The minimum absolute atomic E-state index is 0.0158. The van der Waals surface area contributed by atoms with Gasteiger partial charge in [0.1, 0.15) is 5.01 Å². The summed E-state index contributed by atoms with van der Waals surface area (Å²) in [5.41, 5.74) is 0.148. The smallest absolute Gasteiger partial charge is 0.258 e. The Hall–Kier alpha value is -1.80. The first-order valence-corrected chi connectivity index (χ1v) is 11.4. The number of hydrogen-bond acceptors (Lipinski definition) is 6. The van der Waals surface area contributed by atoms with E-state index in [2.05, 4.69) is 15.5 Å². The molecular formula is C18H23N3O3S2. The van der Waals surface area contributed by atoms with Crippen molar-refractivity contribution in [3.63, 3.8) is 0 Å². The van der Waals surface area contributed by atoms with E-state index in [1.165, 1.54) is 42.7 Å². The van der Waals surface area contributed by atoms with E-state index in [0.717, 1.165) is 17.8 Å². The lowest BCUT2D eigenvalue weighted by Gasteiger charge is -2.18. The molecule has 1 aromatic carbocycles. The molecule has 1 aliphatic carbocycles. The highest BCUT2D eigenvalue weighted by Crippen LogP contribution is 2.35. The van der Waals surface area contributed by atoms with Crippen molar-refractivity contribution in [1.82, 2.24) is 10.2 Å². The van der Waals surface area contributed by atoms with E-state index in [1.807, 2.05) is 0 Å². The maximum absolute atomic E-state index is 12.6. The van der Waals surface area contributed by atoms with Gasteiger partial charge in [0.25, 0.3) is 5.91 Å². The van der Waals surface area contributed by atoms with Gasteiger partial charge < -0.3 is 0 Å². The van der Waals surface area contributed by atoms with Crippen LogP contribution >= 0.6 is 11.3 Å². The maximum Gasteiger partial charge on any atom is 0.258 e. The van der Waals surface area contributed by atoms with Gasteiger partial charge in [-0.15, -0.1) is 10.2 Å². The zero-order valence-electron chi connectivity index (χ0n) is 14.8. The van der Waals surface area contributed by atoms with Gasteiger partial charge in [0, 0.05) is 5.92 Å². The van der Waals surface area contributed by atoms with Gasteiger partial charge in [-0.1, -0.05) is 49.7 Å². The van der Waals surface area contributed by atoms with E-state index < -0.39 is 15.7 Å². The van der Waals surface area contributed by atoms with Crippen LogP contribution in [0.4, 0.5) is 5.13 Å². The van der Waals surface area contributed by atoms with Crippen molar-refractivity contribution in [2.45, 2.75) is 56.3 Å². The number of benzene rings is 1. The number of rotatable bonds is 6. The van der Waals surface area contributed by atoms with E-state index >= 15 is 0 Å². The van der Waals surface area contributed by atoms with E-state index in [-0.39, 0.29) is 16.2 Å². The molecule has 0 spiro atoms. The fourth-order valence-electron chi connectivity index (χ4n) is 3.27. The predicted octanol–water partition coefficient (Wildman–Crippen LogP) is 4.02. The molecular weight excluding hydrogens is 370 g/mol. The van der Waals surface area contributed by atoms with Gasteiger partial charge in [-0.25, -0.2) is 8.42 Å². The summed E-state index contributed by atoms with van der Waals surface area (Å²) in [6.45, 7) is 1.80. The summed E-state index contributed by atoms with van der Waals surface area (Å²) in [5, 5.41) is 12.4. The Bertz CT molecular complexity index is 871. The summed E-state index contributed by atoms with van der Waals surface area (Å²) in [6, 6.07) is 6.30. The van der Waals surface area contributed by atoms with Crippen molar-refractivity contribution in [3.8, 4) is 0 Å². The molecule has 0 radical (unpaired) electrons. The first-order chi connectivity index (χ1) is 12.5. The van der Waals surface area contributed by atoms with E-state index in [4.69, 9.17) is 0 Å². The molecule has 1 aliphatic rings. The summed E-state index contributed by atoms with van der Waals surface area (Å²) in [5.74, 6) is -0.0298. The lowest BCUT2D eigenvalue weighted by molar-refractivity contribution is 0.102. The molecule has 140 valence electrons. The van der Waals surface area contributed by atoms with Gasteiger partial charge in [0.15, 0.2) is 9.84 Å². The Labute approximate surface area is 158 Å². The van der Waals surface area contributed by atoms with Crippen LogP contribution in [-0.4, -0.2) is 30.3 Å². The number of nitrogens with one attached hydrogen (secondary N) is 1. The van der Waals surface area contributed by atoms with Crippen LogP contribution < -0.4 is 5.32 Å². The number of carbonyl (C=O) groups is 1. The standard InChI is InChI=1S/C18H23N3O3S2/c1-2-12-26(23,24)15-11-7-6-10-14(15)16(22)19-18-21-20-17(25-18)13-8-4-3-5-9-13/h6-7,10-11,13H,2-5,8-9,12H2,1H3,(H,19,21,22). The lowest BCUT2D eigenvalue weighted by Crippen LogP contribution is -2.17. The molecule has 0 unspecified atom stereocenters. The number of nitrogens with zero attached hydrogens (tertiary/aromatic N) is 2. The highest BCUT2D eigenvalue weighted by atomic mass is 32.2. The molecule has 8 heteroatoms. The quantitative estimate of drug-likeness (QED) is 0.800. The zero-order valence-corrected chi connectivity index (χ0v) is 16.4. The lowest BCUT2D eigenvalue weighted by atomic mass is 9.90. The molecule has 26 heavy (non-hydrogen) atoms. The second-order valence-electron chi connectivity index (χ2n) is 6.55. The van der Waals surface area contributed by atoms with Crippen LogP contribution in [0.25, 0.3) is 0 Å². The van der Waals surface area contributed by atoms with Crippen molar-refractivity contribution in [2.75, 3.05) is 11.1 Å². The van der Waals surface area contributed by atoms with E-state index in [1.54, 1.807) is 19.1 Å². The van der Waals surface area contributed by atoms with Crippen molar-refractivity contribution in [1.29, 1.82) is 0 Å². The zero-order chi connectivity index (χ0) is 18.6. The second-order valence-corrected chi connectivity index (χ2v) is 9.64. The predicted molar refractivity (Wildman–Crippen MR) is 102 cm³/mol. The summed E-state index contributed by atoms with van der Waals surface area (Å²) in [6.07, 6.45) is 6.39. The van der Waals surface area contributed by atoms with Gasteiger partial charge >= 0.3 is 0 Å². The van der Waals surface area contributed by atoms with Crippen LogP contribution in [0.5, 0.6) is 0 Å². The Morgan fingerprint density at radius 3 is 2.65 bits per heavy atom. The van der Waals surface area contributed by atoms with Gasteiger partial charge in [0.2, 0.25) is 5.13 Å². The Balaban J connectivity index is 1.78. The van der Waals surface area contributed by atoms with E-state index in [9.17, 15) is 13.2 Å². The van der Waals surface area contributed by atoms with Crippen molar-refractivity contribution in [2.24, 2.45) is 0 Å². The fourth-order valence-corrected chi connectivity index (χ4v) is 5.71. The Kier molecular flexibility index (Phi) is 6.03. The van der Waals surface area contributed by atoms with Gasteiger partial charge in [-0.05, 0) is 31.4 Å². The monoisotopic (exact) mass is 393 g/mol.